The van der Waals surface area contributed by atoms with Gasteiger partial charge < -0.3 is 0 Å². The number of hydrogen-bond acceptors (Lipinski definition) is 1. The fourth-order valence-corrected chi connectivity index (χ4v) is 4.17. The van der Waals surface area contributed by atoms with Crippen molar-refractivity contribution in [3.63, 3.8) is 0 Å². The molecule has 0 saturated heterocycles. The Bertz CT molecular complexity index is 246. The first-order chi connectivity index (χ1) is 5.41. The highest BCUT2D eigenvalue weighted by Gasteiger charge is 2.65. The van der Waals surface area contributed by atoms with E-state index in [9.17, 15) is 4.79 Å². The lowest BCUT2D eigenvalue weighted by molar-refractivity contribution is -0.127. The van der Waals surface area contributed by atoms with E-state index in [2.05, 4.69) is 36.7 Å². The van der Waals surface area contributed by atoms with Crippen LogP contribution in [0.1, 0.15) is 26.7 Å². The molecule has 2 heteroatoms. The van der Waals surface area contributed by atoms with Gasteiger partial charge in [0.2, 0.25) is 0 Å². The Kier molecular flexibility index (Phi) is 1.56. The smallest absolute Gasteiger partial charge is 0.153 e. The summed E-state index contributed by atoms with van der Waals surface area (Å²) in [5.74, 6) is 0.825. The van der Waals surface area contributed by atoms with E-state index in [1.165, 1.54) is 0 Å². The predicted molar refractivity (Wildman–Crippen MR) is 52.0 cm³/mol. The fourth-order valence-electron chi connectivity index (χ4n) is 2.82. The summed E-state index contributed by atoms with van der Waals surface area (Å²) in [4.78, 5) is 11.9. The highest BCUT2D eigenvalue weighted by molar-refractivity contribution is 9.10. The Morgan fingerprint density at radius 3 is 2.42 bits per heavy atom. The minimum atomic E-state index is -0.161. The summed E-state index contributed by atoms with van der Waals surface area (Å²) >= 11 is 3.48. The summed E-state index contributed by atoms with van der Waals surface area (Å²) in [5, 5.41) is 0. The zero-order valence-corrected chi connectivity index (χ0v) is 9.15. The van der Waals surface area contributed by atoms with Crippen molar-refractivity contribution in [3.05, 3.63) is 6.92 Å². The maximum Gasteiger partial charge on any atom is 0.153 e. The first kappa shape index (κ1) is 8.74. The number of alkyl halides is 1. The molecule has 0 spiro atoms. The lowest BCUT2D eigenvalue weighted by Crippen LogP contribution is -2.33. The van der Waals surface area contributed by atoms with Crippen LogP contribution in [0, 0.1) is 23.7 Å². The molecule has 2 fully saturated rings. The van der Waals surface area contributed by atoms with Crippen LogP contribution in [-0.2, 0) is 4.79 Å². The molecule has 2 bridgehead atoms. The van der Waals surface area contributed by atoms with Crippen LogP contribution in [0.3, 0.4) is 0 Å². The van der Waals surface area contributed by atoms with Crippen molar-refractivity contribution in [2.24, 2.45) is 16.7 Å². The lowest BCUT2D eigenvalue weighted by atomic mass is 9.70. The van der Waals surface area contributed by atoms with E-state index in [1.54, 1.807) is 0 Å². The molecule has 12 heavy (non-hydrogen) atoms. The van der Waals surface area contributed by atoms with Crippen LogP contribution >= 0.6 is 15.9 Å². The van der Waals surface area contributed by atoms with Gasteiger partial charge in [-0.05, 0) is 31.1 Å². The Morgan fingerprint density at radius 2 is 2.17 bits per heavy atom. The number of hydrogen-bond donors (Lipinski definition) is 0. The van der Waals surface area contributed by atoms with Crippen LogP contribution in [0.5, 0.6) is 0 Å². The van der Waals surface area contributed by atoms with Crippen LogP contribution in [-0.4, -0.2) is 10.6 Å². The molecule has 0 aromatic carbocycles. The second kappa shape index (κ2) is 2.14. The average Bonchev–Trinajstić information content (AvgIpc) is 2.26. The average molecular weight is 230 g/mol. The Labute approximate surface area is 82.0 Å². The molecule has 0 aromatic heterocycles. The van der Waals surface area contributed by atoms with Gasteiger partial charge in [-0.2, -0.15) is 0 Å². The van der Waals surface area contributed by atoms with Crippen molar-refractivity contribution < 1.29 is 4.79 Å². The summed E-state index contributed by atoms with van der Waals surface area (Å²) in [6.07, 6.45) is 2.18. The number of carbonyl (C=O) groups is 1. The van der Waals surface area contributed by atoms with Gasteiger partial charge in [-0.3, -0.25) is 4.79 Å². The molecule has 0 N–H and O–H groups in total. The topological polar surface area (TPSA) is 17.1 Å². The molecular formula is C10H14BrO. The zero-order valence-electron chi connectivity index (χ0n) is 7.56. The molecule has 0 amide bonds. The minimum absolute atomic E-state index is 0.0434. The second-order valence-corrected chi connectivity index (χ2v) is 5.65. The number of fused-ring (bicyclic) bond motifs is 2. The van der Waals surface area contributed by atoms with Gasteiger partial charge in [0, 0.05) is 5.41 Å². The summed E-state index contributed by atoms with van der Waals surface area (Å²) < 4.78 is 0. The summed E-state index contributed by atoms with van der Waals surface area (Å²) in [7, 11) is 0. The van der Waals surface area contributed by atoms with E-state index in [1.807, 2.05) is 0 Å². The van der Waals surface area contributed by atoms with E-state index >= 15 is 0 Å². The first-order valence-corrected chi connectivity index (χ1v) is 5.36. The number of carbonyl (C=O) groups excluding carboxylic acids is 1. The van der Waals surface area contributed by atoms with Crippen molar-refractivity contribution in [1.29, 1.82) is 0 Å². The van der Waals surface area contributed by atoms with Crippen LogP contribution in [0.15, 0.2) is 0 Å². The van der Waals surface area contributed by atoms with E-state index in [0.29, 0.717) is 11.7 Å². The molecule has 1 radical (unpaired) electrons. The number of ketones is 1. The van der Waals surface area contributed by atoms with Crippen LogP contribution in [0.25, 0.3) is 0 Å². The van der Waals surface area contributed by atoms with Crippen molar-refractivity contribution in [3.8, 4) is 0 Å². The number of Topliss-reactive ketones (excluding diaryl/α,β-unsaturated/α-hetero) is 1. The molecule has 2 aliphatic rings. The molecule has 4 unspecified atom stereocenters. The van der Waals surface area contributed by atoms with Gasteiger partial charge in [-0.15, -0.1) is 0 Å². The van der Waals surface area contributed by atoms with Crippen molar-refractivity contribution in [2.45, 2.75) is 31.5 Å². The van der Waals surface area contributed by atoms with E-state index in [0.717, 1.165) is 12.8 Å². The van der Waals surface area contributed by atoms with Gasteiger partial charge in [0.05, 0.1) is 4.83 Å². The Hall–Kier alpha value is 0.150. The third-order valence-electron chi connectivity index (χ3n) is 4.18. The van der Waals surface area contributed by atoms with Gasteiger partial charge in [-0.1, -0.05) is 29.8 Å². The van der Waals surface area contributed by atoms with Gasteiger partial charge >= 0.3 is 0 Å². The van der Waals surface area contributed by atoms with Crippen LogP contribution in [0.4, 0.5) is 0 Å². The normalized spacial score (nSPS) is 50.2. The molecule has 0 heterocycles. The first-order valence-electron chi connectivity index (χ1n) is 4.45. The van der Waals surface area contributed by atoms with Gasteiger partial charge in [0.25, 0.3) is 0 Å². The number of halogens is 1. The van der Waals surface area contributed by atoms with Crippen LogP contribution in [0.2, 0.25) is 0 Å². The lowest BCUT2D eigenvalue weighted by Gasteiger charge is -2.31. The minimum Gasteiger partial charge on any atom is -0.298 e. The molecule has 2 rings (SSSR count). The molecule has 67 valence electrons. The molecule has 1 nitrogen and oxygen atoms in total. The molecule has 2 saturated carbocycles. The third kappa shape index (κ3) is 0.688. The summed E-state index contributed by atoms with van der Waals surface area (Å²) in [5.41, 5.74) is -0.204. The largest absolute Gasteiger partial charge is 0.298 e. The van der Waals surface area contributed by atoms with Gasteiger partial charge in [0.15, 0.2) is 5.78 Å². The monoisotopic (exact) mass is 229 g/mol. The molecule has 0 aliphatic heterocycles. The Morgan fingerprint density at radius 1 is 1.58 bits per heavy atom. The second-order valence-electron chi connectivity index (χ2n) is 4.66. The molecule has 2 aliphatic carbocycles. The Balaban J connectivity index is 2.50. The fraction of sp³-hybridized carbons (Fsp3) is 0.800. The highest BCUT2D eigenvalue weighted by atomic mass is 79.9. The standard InChI is InChI=1S/C10H14BrO/c1-9(2)6-4-5-10(9,3)8(12)7(6)11/h6-7H,1,4-5H2,2-3H3. The van der Waals surface area contributed by atoms with Gasteiger partial charge in [-0.25, -0.2) is 0 Å². The number of rotatable bonds is 0. The summed E-state index contributed by atoms with van der Waals surface area (Å²) in [6, 6.07) is 0. The van der Waals surface area contributed by atoms with E-state index < -0.39 is 0 Å². The summed E-state index contributed by atoms with van der Waals surface area (Å²) in [6.45, 7) is 8.42. The maximum atomic E-state index is 11.8. The van der Waals surface area contributed by atoms with Crippen LogP contribution < -0.4 is 0 Å². The molecule has 4 atom stereocenters. The highest BCUT2D eigenvalue weighted by Crippen LogP contribution is 2.64. The quantitative estimate of drug-likeness (QED) is 0.584. The third-order valence-corrected chi connectivity index (χ3v) is 5.24. The zero-order chi connectivity index (χ0) is 9.15. The van der Waals surface area contributed by atoms with E-state index in [-0.39, 0.29) is 15.7 Å². The van der Waals surface area contributed by atoms with Crippen molar-refractivity contribution >= 4 is 21.7 Å². The maximum absolute atomic E-state index is 11.8. The predicted octanol–water partition coefficient (Wildman–Crippen LogP) is 2.59. The van der Waals surface area contributed by atoms with Crippen molar-refractivity contribution in [1.82, 2.24) is 0 Å². The SMILES string of the molecule is [CH2]C1(C)C2CCC1(C)C(=O)C2Br. The molecule has 0 aromatic rings. The van der Waals surface area contributed by atoms with Gasteiger partial charge in [0.1, 0.15) is 0 Å². The van der Waals surface area contributed by atoms with E-state index in [4.69, 9.17) is 0 Å². The molecular weight excluding hydrogens is 216 g/mol. The van der Waals surface area contributed by atoms with Crippen molar-refractivity contribution in [2.75, 3.05) is 0 Å².